The maximum atomic E-state index is 10.4. The van der Waals surface area contributed by atoms with Crippen LogP contribution in [0.4, 0.5) is 0 Å². The van der Waals surface area contributed by atoms with Gasteiger partial charge in [-0.15, -0.1) is 24.0 Å². The van der Waals surface area contributed by atoms with E-state index in [9.17, 15) is 5.11 Å². The summed E-state index contributed by atoms with van der Waals surface area (Å²) in [5.41, 5.74) is -0.583. The third-order valence-corrected chi connectivity index (χ3v) is 4.63. The van der Waals surface area contributed by atoms with Crippen LogP contribution in [0.1, 0.15) is 56.2 Å². The smallest absolute Gasteiger partial charge is 0.191 e. The predicted molar refractivity (Wildman–Crippen MR) is 100 cm³/mol. The Balaban J connectivity index is 0.00000192. The summed E-state index contributed by atoms with van der Waals surface area (Å²) in [6.45, 7) is 3.40. The molecule has 3 rings (SSSR count). The number of aliphatic imine (C=N–C) groups is 1. The first-order valence-electron chi connectivity index (χ1n) is 8.20. The Hall–Kier alpha value is -0.900. The van der Waals surface area contributed by atoms with Crippen molar-refractivity contribution in [1.82, 2.24) is 25.4 Å². The standard InChI is InChI=1S/C15H26N6O.HI/c1-11-18-13-12(6-5-9-21(13)20-11)19-14(16-2)17-10-15(22)7-3-4-8-15;/h12,22H,3-10H2,1-2H3,(H2,16,17,19);1H. The van der Waals surface area contributed by atoms with Gasteiger partial charge in [0.25, 0.3) is 0 Å². The average molecular weight is 434 g/mol. The lowest BCUT2D eigenvalue weighted by atomic mass is 10.0. The largest absolute Gasteiger partial charge is 0.388 e. The minimum Gasteiger partial charge on any atom is -0.388 e. The van der Waals surface area contributed by atoms with Crippen LogP contribution in [0.3, 0.4) is 0 Å². The minimum atomic E-state index is -0.583. The van der Waals surface area contributed by atoms with Crippen molar-refractivity contribution in [1.29, 1.82) is 0 Å². The molecule has 130 valence electrons. The van der Waals surface area contributed by atoms with Gasteiger partial charge in [-0.25, -0.2) is 9.67 Å². The molecule has 7 nitrogen and oxygen atoms in total. The molecule has 1 unspecified atom stereocenters. The second kappa shape index (κ2) is 7.78. The maximum Gasteiger partial charge on any atom is 0.191 e. The first kappa shape index (κ1) is 18.4. The lowest BCUT2D eigenvalue weighted by molar-refractivity contribution is 0.0521. The molecule has 0 radical (unpaired) electrons. The number of hydrogen-bond donors (Lipinski definition) is 3. The van der Waals surface area contributed by atoms with Gasteiger partial charge in [-0.2, -0.15) is 5.10 Å². The van der Waals surface area contributed by atoms with Gasteiger partial charge in [-0.3, -0.25) is 4.99 Å². The van der Waals surface area contributed by atoms with Crippen molar-refractivity contribution in [2.24, 2.45) is 4.99 Å². The lowest BCUT2D eigenvalue weighted by Crippen LogP contribution is -2.47. The molecule has 1 saturated carbocycles. The van der Waals surface area contributed by atoms with E-state index in [4.69, 9.17) is 0 Å². The summed E-state index contributed by atoms with van der Waals surface area (Å²) in [6, 6.07) is 0.124. The van der Waals surface area contributed by atoms with Gasteiger partial charge in [-0.1, -0.05) is 12.8 Å². The van der Waals surface area contributed by atoms with Crippen molar-refractivity contribution in [2.75, 3.05) is 13.6 Å². The third kappa shape index (κ3) is 4.34. The van der Waals surface area contributed by atoms with Crippen molar-refractivity contribution < 1.29 is 5.11 Å². The van der Waals surface area contributed by atoms with Crippen LogP contribution in [0, 0.1) is 6.92 Å². The highest BCUT2D eigenvalue weighted by molar-refractivity contribution is 14.0. The molecule has 3 N–H and O–H groups in total. The fourth-order valence-corrected chi connectivity index (χ4v) is 3.42. The number of fused-ring (bicyclic) bond motifs is 1. The Morgan fingerprint density at radius 3 is 2.83 bits per heavy atom. The van der Waals surface area contributed by atoms with Gasteiger partial charge in [0.2, 0.25) is 0 Å². The Morgan fingerprint density at radius 1 is 1.39 bits per heavy atom. The molecule has 1 atom stereocenters. The van der Waals surface area contributed by atoms with Crippen molar-refractivity contribution in [3.8, 4) is 0 Å². The van der Waals surface area contributed by atoms with Crippen molar-refractivity contribution in [3.05, 3.63) is 11.6 Å². The summed E-state index contributed by atoms with van der Waals surface area (Å²) >= 11 is 0. The molecule has 1 aromatic heterocycles. The van der Waals surface area contributed by atoms with Crippen molar-refractivity contribution >= 4 is 29.9 Å². The highest BCUT2D eigenvalue weighted by atomic mass is 127. The Morgan fingerprint density at radius 2 is 2.13 bits per heavy atom. The van der Waals surface area contributed by atoms with Gasteiger partial charge in [-0.05, 0) is 32.6 Å². The van der Waals surface area contributed by atoms with Crippen LogP contribution in [0.15, 0.2) is 4.99 Å². The zero-order chi connectivity index (χ0) is 15.6. The summed E-state index contributed by atoms with van der Waals surface area (Å²) in [5.74, 6) is 2.51. The van der Waals surface area contributed by atoms with Crippen LogP contribution < -0.4 is 10.6 Å². The number of guanidine groups is 1. The number of rotatable bonds is 3. The number of aryl methyl sites for hydroxylation is 2. The van der Waals surface area contributed by atoms with Crippen LogP contribution in [0.2, 0.25) is 0 Å². The van der Waals surface area contributed by atoms with Gasteiger partial charge in [0.05, 0.1) is 11.6 Å². The molecule has 1 aromatic rings. The predicted octanol–water partition coefficient (Wildman–Crippen LogP) is 1.51. The molecule has 2 heterocycles. The van der Waals surface area contributed by atoms with Gasteiger partial charge < -0.3 is 15.7 Å². The molecule has 23 heavy (non-hydrogen) atoms. The van der Waals surface area contributed by atoms with E-state index in [0.29, 0.717) is 6.54 Å². The summed E-state index contributed by atoms with van der Waals surface area (Å²) in [5, 5.41) is 21.5. The average Bonchev–Trinajstić information content (AvgIpc) is 3.09. The van der Waals surface area contributed by atoms with Crippen LogP contribution in [-0.4, -0.2) is 45.0 Å². The van der Waals surface area contributed by atoms with E-state index in [2.05, 4.69) is 25.7 Å². The number of nitrogens with one attached hydrogen (secondary N) is 2. The second-order valence-electron chi connectivity index (χ2n) is 6.44. The number of aromatic nitrogens is 3. The fraction of sp³-hybridized carbons (Fsp3) is 0.800. The number of nitrogens with zero attached hydrogens (tertiary/aromatic N) is 4. The summed E-state index contributed by atoms with van der Waals surface area (Å²) in [7, 11) is 1.76. The molecule has 0 aromatic carbocycles. The molecule has 0 saturated heterocycles. The molecular formula is C15H27IN6O. The van der Waals surface area contributed by atoms with E-state index in [1.165, 1.54) is 0 Å². The summed E-state index contributed by atoms with van der Waals surface area (Å²) < 4.78 is 1.98. The normalized spacial score (nSPS) is 23.1. The maximum absolute atomic E-state index is 10.4. The van der Waals surface area contributed by atoms with Crippen LogP contribution in [-0.2, 0) is 6.54 Å². The molecular weight excluding hydrogens is 407 g/mol. The highest BCUT2D eigenvalue weighted by Crippen LogP contribution is 2.28. The molecule has 1 aliphatic carbocycles. The Kier molecular flexibility index (Phi) is 6.24. The van der Waals surface area contributed by atoms with Gasteiger partial charge in [0.15, 0.2) is 5.96 Å². The molecule has 1 aliphatic heterocycles. The topological polar surface area (TPSA) is 87.4 Å². The SMILES string of the molecule is CN=C(NCC1(O)CCCC1)NC1CCCn2nc(C)nc21.I. The molecule has 0 bridgehead atoms. The van der Waals surface area contributed by atoms with E-state index >= 15 is 0 Å². The molecule has 0 spiro atoms. The number of hydrogen-bond acceptors (Lipinski definition) is 4. The van der Waals surface area contributed by atoms with E-state index in [-0.39, 0.29) is 30.0 Å². The van der Waals surface area contributed by atoms with Crippen LogP contribution >= 0.6 is 24.0 Å². The zero-order valence-corrected chi connectivity index (χ0v) is 16.2. The molecule has 0 amide bonds. The fourth-order valence-electron chi connectivity index (χ4n) is 3.42. The van der Waals surface area contributed by atoms with Crippen LogP contribution in [0.25, 0.3) is 0 Å². The molecule has 2 aliphatic rings. The second-order valence-corrected chi connectivity index (χ2v) is 6.44. The first-order chi connectivity index (χ1) is 10.6. The zero-order valence-electron chi connectivity index (χ0n) is 13.9. The first-order valence-corrected chi connectivity index (χ1v) is 8.20. The quantitative estimate of drug-likeness (QED) is 0.382. The lowest BCUT2D eigenvalue weighted by Gasteiger charge is -2.27. The van der Waals surface area contributed by atoms with E-state index < -0.39 is 5.60 Å². The summed E-state index contributed by atoms with van der Waals surface area (Å²) in [4.78, 5) is 8.81. The van der Waals surface area contributed by atoms with Gasteiger partial charge in [0.1, 0.15) is 11.6 Å². The van der Waals surface area contributed by atoms with Crippen molar-refractivity contribution in [3.63, 3.8) is 0 Å². The van der Waals surface area contributed by atoms with Crippen molar-refractivity contribution in [2.45, 2.75) is 63.6 Å². The molecule has 8 heteroatoms. The summed E-state index contributed by atoms with van der Waals surface area (Å²) in [6.07, 6.45) is 6.05. The van der Waals surface area contributed by atoms with E-state index in [1.54, 1.807) is 7.05 Å². The van der Waals surface area contributed by atoms with E-state index in [0.717, 1.165) is 62.7 Å². The third-order valence-electron chi connectivity index (χ3n) is 4.63. The monoisotopic (exact) mass is 434 g/mol. The minimum absolute atomic E-state index is 0. The van der Waals surface area contributed by atoms with Gasteiger partial charge >= 0.3 is 0 Å². The highest BCUT2D eigenvalue weighted by Gasteiger charge is 2.31. The Bertz CT molecular complexity index is 552. The Labute approximate surface area is 154 Å². The number of aliphatic hydroxyl groups is 1. The molecule has 1 fully saturated rings. The van der Waals surface area contributed by atoms with Crippen LogP contribution in [0.5, 0.6) is 0 Å². The van der Waals surface area contributed by atoms with Gasteiger partial charge in [0, 0.05) is 20.1 Å². The number of halogens is 1. The van der Waals surface area contributed by atoms with E-state index in [1.807, 2.05) is 11.6 Å².